The van der Waals surface area contributed by atoms with Crippen molar-refractivity contribution in [3.63, 3.8) is 0 Å². The highest BCUT2D eigenvalue weighted by atomic mass is 32.2. The van der Waals surface area contributed by atoms with E-state index in [1.165, 1.54) is 4.88 Å². The van der Waals surface area contributed by atoms with Crippen LogP contribution in [0.3, 0.4) is 0 Å². The molecule has 1 aromatic carbocycles. The molecule has 1 heterocycles. The Labute approximate surface area is 140 Å². The number of nitrogens with one attached hydrogen (secondary N) is 1. The van der Waals surface area contributed by atoms with Crippen molar-refractivity contribution >= 4 is 46.0 Å². The second-order valence-electron chi connectivity index (χ2n) is 4.75. The second kappa shape index (κ2) is 7.82. The van der Waals surface area contributed by atoms with Crippen LogP contribution in [0, 0.1) is 0 Å². The number of hydrogen-bond acceptors (Lipinski definition) is 4. The summed E-state index contributed by atoms with van der Waals surface area (Å²) >= 11 is 8.70. The maximum Gasteiger partial charge on any atom is 0.107 e. The molecule has 0 aliphatic carbocycles. The summed E-state index contributed by atoms with van der Waals surface area (Å²) in [6.45, 7) is 2.20. The summed E-state index contributed by atoms with van der Waals surface area (Å²) in [5, 5.41) is 5.75. The maximum absolute atomic E-state index is 5.94. The lowest BCUT2D eigenvalue weighted by molar-refractivity contribution is 0.687. The number of thiophene rings is 1. The van der Waals surface area contributed by atoms with Gasteiger partial charge >= 0.3 is 0 Å². The normalized spacial score (nSPS) is 12.1. The molecule has 0 amide bonds. The number of thiocarbonyl (C=S) groups is 1. The third-order valence-corrected chi connectivity index (χ3v) is 5.26. The summed E-state index contributed by atoms with van der Waals surface area (Å²) in [6, 6.07) is 10.7. The molecule has 0 radical (unpaired) electrons. The molecule has 2 nitrogen and oxygen atoms in total. The molecule has 0 aliphatic rings. The SMILES string of the molecule is CCCC(Nc1cccc(SC)c1C(N)=S)c1cccs1. The molecule has 1 aromatic heterocycles. The van der Waals surface area contributed by atoms with E-state index in [9.17, 15) is 0 Å². The van der Waals surface area contributed by atoms with Gasteiger partial charge in [-0.05, 0) is 36.3 Å². The van der Waals surface area contributed by atoms with E-state index in [1.54, 1.807) is 23.1 Å². The van der Waals surface area contributed by atoms with Crippen LogP contribution in [0.15, 0.2) is 40.6 Å². The molecule has 2 rings (SSSR count). The highest BCUT2D eigenvalue weighted by Gasteiger charge is 2.16. The standard InChI is InChI=1S/C16H20N2S3/c1-3-6-11(13-9-5-10-21-13)18-12-7-4-8-14(20-2)15(12)16(17)19/h4-5,7-11,18H,3,6H2,1-2H3,(H2,17,19). The zero-order valence-corrected chi connectivity index (χ0v) is 14.7. The van der Waals surface area contributed by atoms with E-state index in [0.717, 1.165) is 29.0 Å². The summed E-state index contributed by atoms with van der Waals surface area (Å²) in [5.74, 6) is 0. The Morgan fingerprint density at radius 2 is 2.19 bits per heavy atom. The van der Waals surface area contributed by atoms with Gasteiger partial charge in [-0.1, -0.05) is 37.7 Å². The van der Waals surface area contributed by atoms with Crippen molar-refractivity contribution in [1.82, 2.24) is 0 Å². The zero-order valence-electron chi connectivity index (χ0n) is 12.3. The second-order valence-corrected chi connectivity index (χ2v) is 7.02. The molecule has 5 heteroatoms. The Hall–Kier alpha value is -1.04. The Bertz CT molecular complexity index is 594. The lowest BCUT2D eigenvalue weighted by atomic mass is 10.1. The fraction of sp³-hybridized carbons (Fsp3) is 0.312. The van der Waals surface area contributed by atoms with Gasteiger partial charge in [-0.15, -0.1) is 23.1 Å². The van der Waals surface area contributed by atoms with Gasteiger partial charge in [0.05, 0.1) is 6.04 Å². The first-order valence-corrected chi connectivity index (χ1v) is 9.45. The summed E-state index contributed by atoms with van der Waals surface area (Å²) in [7, 11) is 0. The van der Waals surface area contributed by atoms with E-state index >= 15 is 0 Å². The Morgan fingerprint density at radius 1 is 1.38 bits per heavy atom. The Kier molecular flexibility index (Phi) is 6.08. The van der Waals surface area contributed by atoms with Crippen LogP contribution in [0.5, 0.6) is 0 Å². The van der Waals surface area contributed by atoms with Gasteiger partial charge in [0.15, 0.2) is 0 Å². The molecule has 0 fully saturated rings. The molecular weight excluding hydrogens is 316 g/mol. The predicted octanol–water partition coefficient (Wildman–Crippen LogP) is 5.06. The third kappa shape index (κ3) is 3.99. The molecule has 112 valence electrons. The van der Waals surface area contributed by atoms with E-state index in [0.29, 0.717) is 11.0 Å². The van der Waals surface area contributed by atoms with Crippen LogP contribution in [0.1, 0.15) is 36.2 Å². The third-order valence-electron chi connectivity index (χ3n) is 3.29. The van der Waals surface area contributed by atoms with Crippen LogP contribution in [0.2, 0.25) is 0 Å². The first-order valence-electron chi connectivity index (χ1n) is 6.94. The molecule has 1 atom stereocenters. The lowest BCUT2D eigenvalue weighted by Crippen LogP contribution is -2.17. The van der Waals surface area contributed by atoms with Gasteiger partial charge in [-0.2, -0.15) is 0 Å². The molecule has 2 aromatic rings. The maximum atomic E-state index is 5.94. The van der Waals surface area contributed by atoms with E-state index in [4.69, 9.17) is 18.0 Å². The summed E-state index contributed by atoms with van der Waals surface area (Å²) in [6.07, 6.45) is 4.25. The largest absolute Gasteiger partial charge is 0.389 e. The fourth-order valence-electron chi connectivity index (χ4n) is 2.33. The van der Waals surface area contributed by atoms with Crippen molar-refractivity contribution < 1.29 is 0 Å². The van der Waals surface area contributed by atoms with Gasteiger partial charge in [0.1, 0.15) is 4.99 Å². The first kappa shape index (κ1) is 16.3. The minimum Gasteiger partial charge on any atom is -0.389 e. The zero-order chi connectivity index (χ0) is 15.2. The van der Waals surface area contributed by atoms with Crippen LogP contribution in [0.25, 0.3) is 0 Å². The first-order chi connectivity index (χ1) is 10.2. The highest BCUT2D eigenvalue weighted by Crippen LogP contribution is 2.32. The predicted molar refractivity (Wildman–Crippen MR) is 99.7 cm³/mol. The van der Waals surface area contributed by atoms with Gasteiger partial charge in [-0.25, -0.2) is 0 Å². The smallest absolute Gasteiger partial charge is 0.107 e. The molecule has 21 heavy (non-hydrogen) atoms. The lowest BCUT2D eigenvalue weighted by Gasteiger charge is -2.21. The Balaban J connectivity index is 2.34. The molecule has 0 aliphatic heterocycles. The number of nitrogens with two attached hydrogens (primary N) is 1. The van der Waals surface area contributed by atoms with E-state index in [2.05, 4.69) is 41.9 Å². The van der Waals surface area contributed by atoms with Crippen molar-refractivity contribution in [3.8, 4) is 0 Å². The quantitative estimate of drug-likeness (QED) is 0.547. The van der Waals surface area contributed by atoms with Crippen LogP contribution in [0.4, 0.5) is 5.69 Å². The molecule has 1 unspecified atom stereocenters. The minimum atomic E-state index is 0.306. The molecular formula is C16H20N2S3. The number of thioether (sulfide) groups is 1. The molecule has 0 saturated carbocycles. The van der Waals surface area contributed by atoms with Crippen molar-refractivity contribution in [3.05, 3.63) is 46.2 Å². The van der Waals surface area contributed by atoms with Gasteiger partial charge < -0.3 is 11.1 Å². The number of hydrogen-bond donors (Lipinski definition) is 2. The number of rotatable bonds is 7. The van der Waals surface area contributed by atoms with Gasteiger partial charge in [0, 0.05) is 21.0 Å². The average molecular weight is 337 g/mol. The minimum absolute atomic E-state index is 0.306. The monoisotopic (exact) mass is 336 g/mol. The van der Waals surface area contributed by atoms with E-state index in [-0.39, 0.29) is 0 Å². The van der Waals surface area contributed by atoms with Crippen molar-refractivity contribution in [1.29, 1.82) is 0 Å². The number of anilines is 1. The van der Waals surface area contributed by atoms with Crippen LogP contribution in [-0.4, -0.2) is 11.2 Å². The van der Waals surface area contributed by atoms with Gasteiger partial charge in [-0.3, -0.25) is 0 Å². The van der Waals surface area contributed by atoms with Crippen LogP contribution >= 0.6 is 35.3 Å². The van der Waals surface area contributed by atoms with E-state index < -0.39 is 0 Å². The topological polar surface area (TPSA) is 38.0 Å². The highest BCUT2D eigenvalue weighted by molar-refractivity contribution is 7.98. The molecule has 0 spiro atoms. The Morgan fingerprint density at radius 3 is 2.76 bits per heavy atom. The molecule has 0 bridgehead atoms. The van der Waals surface area contributed by atoms with Crippen molar-refractivity contribution in [2.24, 2.45) is 5.73 Å². The average Bonchev–Trinajstić information content (AvgIpc) is 3.00. The van der Waals surface area contributed by atoms with Crippen LogP contribution in [-0.2, 0) is 0 Å². The fourth-order valence-corrected chi connectivity index (χ4v) is 4.06. The van der Waals surface area contributed by atoms with Crippen molar-refractivity contribution in [2.45, 2.75) is 30.7 Å². The van der Waals surface area contributed by atoms with Crippen molar-refractivity contribution in [2.75, 3.05) is 11.6 Å². The molecule has 0 saturated heterocycles. The van der Waals surface area contributed by atoms with Crippen LogP contribution < -0.4 is 11.1 Å². The van der Waals surface area contributed by atoms with Gasteiger partial charge in [0.2, 0.25) is 0 Å². The molecule has 3 N–H and O–H groups in total. The summed E-state index contributed by atoms with van der Waals surface area (Å²) in [4.78, 5) is 2.91. The number of benzene rings is 1. The van der Waals surface area contributed by atoms with Gasteiger partial charge in [0.25, 0.3) is 0 Å². The summed E-state index contributed by atoms with van der Waals surface area (Å²) < 4.78 is 0. The summed E-state index contributed by atoms with van der Waals surface area (Å²) in [5.41, 5.74) is 7.93. The van der Waals surface area contributed by atoms with E-state index in [1.807, 2.05) is 12.3 Å².